The van der Waals surface area contributed by atoms with Crippen molar-refractivity contribution in [2.24, 2.45) is 0 Å². The molecule has 8 nitrogen and oxygen atoms in total. The van der Waals surface area contributed by atoms with Gasteiger partial charge in [0.1, 0.15) is 5.75 Å². The summed E-state index contributed by atoms with van der Waals surface area (Å²) in [6.07, 6.45) is -0.770. The van der Waals surface area contributed by atoms with E-state index in [1.807, 2.05) is 12.1 Å². The normalized spacial score (nSPS) is 17.4. The second-order valence-corrected chi connectivity index (χ2v) is 7.75. The molecule has 1 fully saturated rings. The molecule has 2 heterocycles. The maximum absolute atomic E-state index is 11.9. The number of morpholine rings is 1. The minimum atomic E-state index is -0.630. The third-order valence-corrected chi connectivity index (χ3v) is 5.18. The van der Waals surface area contributed by atoms with Crippen molar-refractivity contribution >= 4 is 34.7 Å². The lowest BCUT2D eigenvalue weighted by Crippen LogP contribution is -2.47. The van der Waals surface area contributed by atoms with E-state index in [0.717, 1.165) is 17.4 Å². The zero-order chi connectivity index (χ0) is 19.2. The van der Waals surface area contributed by atoms with Crippen LogP contribution in [-0.4, -0.2) is 48.3 Å². The monoisotopic (exact) mass is 411 g/mol. The van der Waals surface area contributed by atoms with Crippen molar-refractivity contribution in [3.8, 4) is 5.75 Å². The minimum Gasteiger partial charge on any atom is -0.410 e. The number of carbonyl (C=O) groups is 1. The Morgan fingerprint density at radius 1 is 1.37 bits per heavy atom. The number of non-ortho nitro benzene ring substituents is 1. The molecular formula is C17H18ClN3O5S. The number of hydrogen-bond donors (Lipinski definition) is 1. The first kappa shape index (κ1) is 19.6. The van der Waals surface area contributed by atoms with Crippen LogP contribution in [-0.2, 0) is 11.3 Å². The molecule has 1 aliphatic heterocycles. The van der Waals surface area contributed by atoms with Crippen LogP contribution in [0.4, 0.5) is 10.5 Å². The van der Waals surface area contributed by atoms with Gasteiger partial charge >= 0.3 is 6.09 Å². The van der Waals surface area contributed by atoms with Gasteiger partial charge in [-0.2, -0.15) is 0 Å². The van der Waals surface area contributed by atoms with Crippen molar-refractivity contribution in [1.29, 1.82) is 0 Å². The number of rotatable bonds is 6. The van der Waals surface area contributed by atoms with Crippen molar-refractivity contribution in [2.75, 3.05) is 26.2 Å². The number of nitro groups is 1. The highest BCUT2D eigenvalue weighted by Gasteiger charge is 2.22. The summed E-state index contributed by atoms with van der Waals surface area (Å²) < 4.78 is 11.6. The second-order valence-electron chi connectivity index (χ2n) is 5.96. The van der Waals surface area contributed by atoms with Crippen LogP contribution in [0.3, 0.4) is 0 Å². The quantitative estimate of drug-likeness (QED) is 0.579. The van der Waals surface area contributed by atoms with Gasteiger partial charge in [-0.05, 0) is 24.3 Å². The van der Waals surface area contributed by atoms with Gasteiger partial charge in [-0.3, -0.25) is 15.0 Å². The molecule has 0 aliphatic carbocycles. The molecule has 10 heteroatoms. The molecule has 0 radical (unpaired) electrons. The molecule has 0 spiro atoms. The Morgan fingerprint density at radius 2 is 2.15 bits per heavy atom. The van der Waals surface area contributed by atoms with E-state index in [4.69, 9.17) is 21.1 Å². The molecule has 1 amide bonds. The molecule has 27 heavy (non-hydrogen) atoms. The van der Waals surface area contributed by atoms with Gasteiger partial charge in [0.05, 0.1) is 22.0 Å². The average Bonchev–Trinajstić information content (AvgIpc) is 3.05. The summed E-state index contributed by atoms with van der Waals surface area (Å²) in [6, 6.07) is 9.21. The highest BCUT2D eigenvalue weighted by Crippen LogP contribution is 2.23. The highest BCUT2D eigenvalue weighted by atomic mass is 35.5. The van der Waals surface area contributed by atoms with Crippen LogP contribution in [0.15, 0.2) is 36.4 Å². The Labute approximate surface area is 164 Å². The number of hydrogen-bond acceptors (Lipinski definition) is 7. The van der Waals surface area contributed by atoms with Crippen molar-refractivity contribution in [2.45, 2.75) is 12.6 Å². The van der Waals surface area contributed by atoms with E-state index in [1.54, 1.807) is 11.3 Å². The summed E-state index contributed by atoms with van der Waals surface area (Å²) in [5, 5.41) is 13.3. The SMILES string of the molecule is O=C(NC[C@H]1CN(Cc2ccc(Cl)s2)CCO1)Oc1ccc([N+](=O)[O-])cc1. The number of nitrogens with one attached hydrogen (secondary N) is 1. The number of thiophene rings is 1. The van der Waals surface area contributed by atoms with Gasteiger partial charge in [0.2, 0.25) is 0 Å². The van der Waals surface area contributed by atoms with Gasteiger partial charge in [-0.25, -0.2) is 4.79 Å². The van der Waals surface area contributed by atoms with Crippen molar-refractivity contribution in [3.05, 3.63) is 55.7 Å². The van der Waals surface area contributed by atoms with E-state index in [0.29, 0.717) is 19.7 Å². The first-order valence-corrected chi connectivity index (χ1v) is 9.47. The lowest BCUT2D eigenvalue weighted by atomic mass is 10.2. The number of amides is 1. The molecule has 1 saturated heterocycles. The van der Waals surface area contributed by atoms with E-state index < -0.39 is 11.0 Å². The second kappa shape index (κ2) is 9.14. The molecule has 3 rings (SSSR count). The van der Waals surface area contributed by atoms with Crippen LogP contribution in [0, 0.1) is 10.1 Å². The summed E-state index contributed by atoms with van der Waals surface area (Å²) in [6.45, 7) is 3.20. The van der Waals surface area contributed by atoms with E-state index >= 15 is 0 Å². The molecule has 1 N–H and O–H groups in total. The molecule has 1 aliphatic rings. The zero-order valence-corrected chi connectivity index (χ0v) is 15.9. The number of nitrogens with zero attached hydrogens (tertiary/aromatic N) is 2. The van der Waals surface area contributed by atoms with E-state index in [2.05, 4.69) is 10.2 Å². The Balaban J connectivity index is 1.43. The number of carbonyl (C=O) groups excluding carboxylic acids is 1. The Hall–Kier alpha value is -2.20. The van der Waals surface area contributed by atoms with Gasteiger partial charge in [0.15, 0.2) is 0 Å². The lowest BCUT2D eigenvalue weighted by molar-refractivity contribution is -0.384. The van der Waals surface area contributed by atoms with E-state index in [-0.39, 0.29) is 17.5 Å². The molecule has 0 bridgehead atoms. The maximum atomic E-state index is 11.9. The average molecular weight is 412 g/mol. The van der Waals surface area contributed by atoms with Crippen LogP contribution in [0.1, 0.15) is 4.88 Å². The minimum absolute atomic E-state index is 0.0644. The van der Waals surface area contributed by atoms with Gasteiger partial charge < -0.3 is 14.8 Å². The molecule has 0 unspecified atom stereocenters. The number of halogens is 1. The fraction of sp³-hybridized carbons (Fsp3) is 0.353. The smallest absolute Gasteiger partial charge is 0.410 e. The Kier molecular flexibility index (Phi) is 6.62. The topological polar surface area (TPSA) is 93.9 Å². The van der Waals surface area contributed by atoms with Crippen LogP contribution in [0.2, 0.25) is 4.34 Å². The number of ether oxygens (including phenoxy) is 2. The van der Waals surface area contributed by atoms with Crippen LogP contribution >= 0.6 is 22.9 Å². The van der Waals surface area contributed by atoms with Crippen molar-refractivity contribution in [1.82, 2.24) is 10.2 Å². The molecule has 1 aromatic heterocycles. The largest absolute Gasteiger partial charge is 0.412 e. The molecule has 144 valence electrons. The first-order chi connectivity index (χ1) is 13.0. The Bertz CT molecular complexity index is 798. The molecule has 1 atom stereocenters. The first-order valence-electron chi connectivity index (χ1n) is 8.28. The molecular weight excluding hydrogens is 394 g/mol. The summed E-state index contributed by atoms with van der Waals surface area (Å²) in [5.41, 5.74) is -0.0644. The zero-order valence-electron chi connectivity index (χ0n) is 14.3. The van der Waals surface area contributed by atoms with Crippen LogP contribution in [0.25, 0.3) is 0 Å². The lowest BCUT2D eigenvalue weighted by Gasteiger charge is -2.32. The van der Waals surface area contributed by atoms with E-state index in [1.165, 1.54) is 29.1 Å². The Morgan fingerprint density at radius 3 is 2.81 bits per heavy atom. The van der Waals surface area contributed by atoms with Crippen molar-refractivity contribution in [3.63, 3.8) is 0 Å². The predicted octanol–water partition coefficient (Wildman–Crippen LogP) is 3.30. The van der Waals surface area contributed by atoms with Gasteiger partial charge in [0.25, 0.3) is 5.69 Å². The third-order valence-electron chi connectivity index (χ3n) is 3.96. The van der Waals surface area contributed by atoms with E-state index in [9.17, 15) is 14.9 Å². The van der Waals surface area contributed by atoms with Gasteiger partial charge in [-0.1, -0.05) is 11.6 Å². The predicted molar refractivity (Wildman–Crippen MR) is 101 cm³/mol. The number of nitro benzene ring substituents is 1. The summed E-state index contributed by atoms with van der Waals surface area (Å²) in [7, 11) is 0. The fourth-order valence-electron chi connectivity index (χ4n) is 2.68. The van der Waals surface area contributed by atoms with Crippen LogP contribution in [0.5, 0.6) is 5.75 Å². The van der Waals surface area contributed by atoms with Crippen LogP contribution < -0.4 is 10.1 Å². The van der Waals surface area contributed by atoms with Gasteiger partial charge in [0, 0.05) is 43.2 Å². The van der Waals surface area contributed by atoms with Gasteiger partial charge in [-0.15, -0.1) is 11.3 Å². The number of benzene rings is 1. The molecule has 1 aromatic carbocycles. The summed E-state index contributed by atoms with van der Waals surface area (Å²) in [4.78, 5) is 25.4. The fourth-order valence-corrected chi connectivity index (χ4v) is 3.81. The highest BCUT2D eigenvalue weighted by molar-refractivity contribution is 7.16. The maximum Gasteiger partial charge on any atom is 0.412 e. The summed E-state index contributed by atoms with van der Waals surface area (Å²) in [5.74, 6) is 0.235. The summed E-state index contributed by atoms with van der Waals surface area (Å²) >= 11 is 7.52. The molecule has 2 aromatic rings. The standard InChI is InChI=1S/C17H18ClN3O5S/c18-16-6-5-15(27-16)11-20-7-8-25-14(10-20)9-19-17(22)26-13-3-1-12(2-4-13)21(23)24/h1-6,14H,7-11H2,(H,19,22)/t14-/m0/s1. The molecule has 0 saturated carbocycles. The third kappa shape index (κ3) is 5.90. The van der Waals surface area contributed by atoms with Crippen molar-refractivity contribution < 1.29 is 19.2 Å².